The largest absolute Gasteiger partial charge is 0.416 e. The topological polar surface area (TPSA) is 0 Å². The summed E-state index contributed by atoms with van der Waals surface area (Å²) in [6.07, 6.45) is -0.0688. The van der Waals surface area contributed by atoms with Crippen LogP contribution in [-0.2, 0) is 6.18 Å². The number of halogens is 4. The van der Waals surface area contributed by atoms with Crippen molar-refractivity contribution in [3.8, 4) is 0 Å². The van der Waals surface area contributed by atoms with Gasteiger partial charge in [-0.15, -0.1) is 0 Å². The molecule has 0 bridgehead atoms. The molecular formula is C15H20F4. The van der Waals surface area contributed by atoms with Gasteiger partial charge in [-0.05, 0) is 42.5 Å². The molecule has 1 aromatic rings. The van der Waals surface area contributed by atoms with Crippen LogP contribution in [0.15, 0.2) is 18.2 Å². The molecule has 0 aliphatic rings. The van der Waals surface area contributed by atoms with E-state index in [9.17, 15) is 17.6 Å². The van der Waals surface area contributed by atoms with Crippen LogP contribution in [0.1, 0.15) is 63.0 Å². The van der Waals surface area contributed by atoms with Crippen LogP contribution in [0.2, 0.25) is 0 Å². The minimum absolute atomic E-state index is 0.0155. The van der Waals surface area contributed by atoms with Crippen molar-refractivity contribution in [2.75, 3.05) is 0 Å². The van der Waals surface area contributed by atoms with Crippen LogP contribution >= 0.6 is 0 Å². The summed E-state index contributed by atoms with van der Waals surface area (Å²) >= 11 is 0. The summed E-state index contributed by atoms with van der Waals surface area (Å²) in [5.41, 5.74) is -0.414. The highest BCUT2D eigenvalue weighted by molar-refractivity contribution is 5.29. The van der Waals surface area contributed by atoms with Crippen LogP contribution in [0.4, 0.5) is 17.6 Å². The molecule has 0 radical (unpaired) electrons. The van der Waals surface area contributed by atoms with E-state index in [1.54, 1.807) is 0 Å². The van der Waals surface area contributed by atoms with Crippen molar-refractivity contribution in [1.82, 2.24) is 0 Å². The summed E-state index contributed by atoms with van der Waals surface area (Å²) < 4.78 is 51.4. The molecule has 0 saturated heterocycles. The number of alkyl halides is 3. The molecule has 0 heterocycles. The molecule has 1 aromatic carbocycles. The fraction of sp³-hybridized carbons (Fsp3) is 0.600. The van der Waals surface area contributed by atoms with Gasteiger partial charge in [0.05, 0.1) is 5.56 Å². The molecule has 1 atom stereocenters. The number of benzene rings is 1. The molecule has 1 rings (SSSR count). The van der Waals surface area contributed by atoms with Crippen molar-refractivity contribution in [2.45, 2.75) is 58.0 Å². The van der Waals surface area contributed by atoms with Gasteiger partial charge in [0.25, 0.3) is 0 Å². The molecule has 19 heavy (non-hydrogen) atoms. The molecule has 108 valence electrons. The Balaban J connectivity index is 3.05. The van der Waals surface area contributed by atoms with Gasteiger partial charge in [0.1, 0.15) is 5.82 Å². The summed E-state index contributed by atoms with van der Waals surface area (Å²) in [6, 6.07) is 2.90. The maximum atomic E-state index is 13.4. The summed E-state index contributed by atoms with van der Waals surface area (Å²) in [7, 11) is 0. The zero-order chi connectivity index (χ0) is 14.5. The highest BCUT2D eigenvalue weighted by Crippen LogP contribution is 2.34. The highest BCUT2D eigenvalue weighted by atomic mass is 19.4. The van der Waals surface area contributed by atoms with Gasteiger partial charge in [-0.1, -0.05) is 33.1 Å². The number of rotatable bonds is 6. The molecule has 0 saturated carbocycles. The summed E-state index contributed by atoms with van der Waals surface area (Å²) in [4.78, 5) is 0. The van der Waals surface area contributed by atoms with Crippen molar-refractivity contribution in [2.24, 2.45) is 0 Å². The lowest BCUT2D eigenvalue weighted by Gasteiger charge is -2.18. The van der Waals surface area contributed by atoms with Gasteiger partial charge in [-0.2, -0.15) is 13.2 Å². The molecular weight excluding hydrogens is 256 g/mol. The average molecular weight is 276 g/mol. The predicted octanol–water partition coefficient (Wildman–Crippen LogP) is 5.92. The predicted molar refractivity (Wildman–Crippen MR) is 68.6 cm³/mol. The Bertz CT molecular complexity index is 396. The lowest BCUT2D eigenvalue weighted by molar-refractivity contribution is -0.137. The first-order valence-corrected chi connectivity index (χ1v) is 6.76. The fourth-order valence-corrected chi connectivity index (χ4v) is 2.29. The maximum Gasteiger partial charge on any atom is 0.416 e. The molecule has 0 aliphatic carbocycles. The van der Waals surface area contributed by atoms with Crippen molar-refractivity contribution < 1.29 is 17.6 Å². The molecule has 0 spiro atoms. The number of unbranched alkanes of at least 4 members (excludes halogenated alkanes) is 1. The smallest absolute Gasteiger partial charge is 0.207 e. The highest BCUT2D eigenvalue weighted by Gasteiger charge is 2.31. The fourth-order valence-electron chi connectivity index (χ4n) is 2.29. The van der Waals surface area contributed by atoms with E-state index in [1.165, 1.54) is 6.07 Å². The second kappa shape index (κ2) is 6.92. The molecule has 0 nitrogen and oxygen atoms in total. The molecule has 1 unspecified atom stereocenters. The summed E-state index contributed by atoms with van der Waals surface area (Å²) in [6.45, 7) is 4.03. The van der Waals surface area contributed by atoms with Gasteiger partial charge in [-0.25, -0.2) is 4.39 Å². The summed E-state index contributed by atoms with van der Waals surface area (Å²) in [5.74, 6) is -0.788. The van der Waals surface area contributed by atoms with Gasteiger partial charge in [-0.3, -0.25) is 0 Å². The van der Waals surface area contributed by atoms with E-state index in [0.29, 0.717) is 11.6 Å². The van der Waals surface area contributed by atoms with Crippen LogP contribution in [-0.4, -0.2) is 0 Å². The Morgan fingerprint density at radius 2 is 1.68 bits per heavy atom. The van der Waals surface area contributed by atoms with Gasteiger partial charge in [0.2, 0.25) is 0 Å². The monoisotopic (exact) mass is 276 g/mol. The van der Waals surface area contributed by atoms with E-state index in [2.05, 4.69) is 0 Å². The van der Waals surface area contributed by atoms with Crippen molar-refractivity contribution in [3.05, 3.63) is 35.1 Å². The van der Waals surface area contributed by atoms with E-state index in [1.807, 2.05) is 13.8 Å². The lowest BCUT2D eigenvalue weighted by Crippen LogP contribution is -2.08. The van der Waals surface area contributed by atoms with Crippen LogP contribution in [0, 0.1) is 5.82 Å². The quantitative estimate of drug-likeness (QED) is 0.566. The Morgan fingerprint density at radius 3 is 2.21 bits per heavy atom. The van der Waals surface area contributed by atoms with Crippen molar-refractivity contribution >= 4 is 0 Å². The minimum Gasteiger partial charge on any atom is -0.207 e. The molecule has 0 aliphatic heterocycles. The first-order chi connectivity index (χ1) is 8.88. The van der Waals surface area contributed by atoms with Gasteiger partial charge < -0.3 is 0 Å². The van der Waals surface area contributed by atoms with Gasteiger partial charge >= 0.3 is 6.18 Å². The van der Waals surface area contributed by atoms with E-state index >= 15 is 0 Å². The third-order valence-corrected chi connectivity index (χ3v) is 3.26. The summed E-state index contributed by atoms with van der Waals surface area (Å²) in [5, 5.41) is 0. The van der Waals surface area contributed by atoms with E-state index < -0.39 is 17.6 Å². The van der Waals surface area contributed by atoms with Crippen molar-refractivity contribution in [3.63, 3.8) is 0 Å². The Hall–Kier alpha value is -1.06. The molecule has 0 amide bonds. The third kappa shape index (κ3) is 4.84. The Morgan fingerprint density at radius 1 is 1.00 bits per heavy atom. The zero-order valence-electron chi connectivity index (χ0n) is 11.4. The normalized spacial score (nSPS) is 13.6. The van der Waals surface area contributed by atoms with Crippen LogP contribution in [0.25, 0.3) is 0 Å². The Kier molecular flexibility index (Phi) is 5.83. The molecule has 0 aromatic heterocycles. The zero-order valence-corrected chi connectivity index (χ0v) is 11.4. The maximum absolute atomic E-state index is 13.4. The van der Waals surface area contributed by atoms with Crippen LogP contribution in [0.5, 0.6) is 0 Å². The van der Waals surface area contributed by atoms with Crippen molar-refractivity contribution in [1.29, 1.82) is 0 Å². The number of hydrogen-bond acceptors (Lipinski definition) is 0. The minimum atomic E-state index is -4.49. The van der Waals surface area contributed by atoms with Crippen LogP contribution in [0.3, 0.4) is 0 Å². The first-order valence-electron chi connectivity index (χ1n) is 6.76. The molecule has 4 heteroatoms. The lowest BCUT2D eigenvalue weighted by atomic mass is 9.88. The van der Waals surface area contributed by atoms with E-state index in [0.717, 1.165) is 38.2 Å². The first kappa shape index (κ1) is 16.0. The standard InChI is InChI=1S/C15H20F4/c1-3-5-7-11(6-4-2)12-8-13(15(17,18)19)10-14(16)9-12/h8-11H,3-7H2,1-2H3. The Labute approximate surface area is 111 Å². The van der Waals surface area contributed by atoms with Crippen LogP contribution < -0.4 is 0 Å². The number of hydrogen-bond donors (Lipinski definition) is 0. The second-order valence-corrected chi connectivity index (χ2v) is 4.90. The molecule has 0 N–H and O–H groups in total. The van der Waals surface area contributed by atoms with E-state index in [-0.39, 0.29) is 5.92 Å². The average Bonchev–Trinajstić information content (AvgIpc) is 2.32. The van der Waals surface area contributed by atoms with Gasteiger partial charge in [0, 0.05) is 0 Å². The molecule has 0 fully saturated rings. The van der Waals surface area contributed by atoms with E-state index in [4.69, 9.17) is 0 Å². The van der Waals surface area contributed by atoms with Gasteiger partial charge in [0.15, 0.2) is 0 Å². The second-order valence-electron chi connectivity index (χ2n) is 4.90. The SMILES string of the molecule is CCCCC(CCC)c1cc(F)cc(C(F)(F)F)c1. The third-order valence-electron chi connectivity index (χ3n) is 3.26.